The van der Waals surface area contributed by atoms with Crippen LogP contribution in [0.1, 0.15) is 58.4 Å². The smallest absolute Gasteiger partial charge is 0.334 e. The van der Waals surface area contributed by atoms with Crippen molar-refractivity contribution in [2.45, 2.75) is 44.8 Å². The third-order valence-corrected chi connectivity index (χ3v) is 6.91. The normalized spacial score (nSPS) is 15.6. The highest BCUT2D eigenvalue weighted by Gasteiger charge is 2.31. The minimum absolute atomic E-state index is 0.0793. The summed E-state index contributed by atoms with van der Waals surface area (Å²) in [6.07, 6.45) is 0.865. The van der Waals surface area contributed by atoms with Gasteiger partial charge in [0.1, 0.15) is 0 Å². The fourth-order valence-corrected chi connectivity index (χ4v) is 4.96. The van der Waals surface area contributed by atoms with Gasteiger partial charge in [-0.2, -0.15) is 13.2 Å². The minimum Gasteiger partial charge on any atom is -0.334 e. The first-order valence-electron chi connectivity index (χ1n) is 12.3. The molecule has 37 heavy (non-hydrogen) atoms. The number of amides is 2. The van der Waals surface area contributed by atoms with Crippen molar-refractivity contribution < 1.29 is 22.8 Å². The SMILES string of the molecule is O=C(Nc1ccc2c(c1)C(=O)N(CCc1ccccn1)C2)C1=C(c2ccc(C(F)(F)F)cc2)CCCC1. The molecule has 0 radical (unpaired) electrons. The van der Waals surface area contributed by atoms with E-state index in [-0.39, 0.29) is 11.8 Å². The number of allylic oxidation sites excluding steroid dienone is 1. The van der Waals surface area contributed by atoms with Crippen LogP contribution < -0.4 is 5.32 Å². The van der Waals surface area contributed by atoms with Crippen LogP contribution in [-0.4, -0.2) is 28.2 Å². The summed E-state index contributed by atoms with van der Waals surface area (Å²) in [7, 11) is 0. The number of aromatic nitrogens is 1. The molecular formula is C29H26F3N3O2. The lowest BCUT2D eigenvalue weighted by Gasteiger charge is -2.21. The van der Waals surface area contributed by atoms with Crippen molar-refractivity contribution in [2.24, 2.45) is 0 Å². The quantitative estimate of drug-likeness (QED) is 0.430. The standard InChI is InChI=1S/C29H26F3N3O2/c30-29(31,32)21-11-8-19(9-12-21)24-6-1-2-7-25(24)27(36)34-23-13-10-20-18-35(28(37)26(20)17-23)16-14-22-5-3-4-15-33-22/h3-5,8-13,15,17H,1-2,6-7,14,16,18H2,(H,34,36). The molecule has 0 spiro atoms. The summed E-state index contributed by atoms with van der Waals surface area (Å²) in [5.74, 6) is -0.364. The highest BCUT2D eigenvalue weighted by Crippen LogP contribution is 2.36. The van der Waals surface area contributed by atoms with Gasteiger partial charge in [0.15, 0.2) is 0 Å². The Labute approximate surface area is 213 Å². The van der Waals surface area contributed by atoms with Crippen LogP contribution in [0.15, 0.2) is 72.4 Å². The molecule has 2 amide bonds. The Balaban J connectivity index is 1.31. The Bertz CT molecular complexity index is 1350. The van der Waals surface area contributed by atoms with E-state index in [1.807, 2.05) is 24.3 Å². The maximum atomic E-state index is 13.2. The third kappa shape index (κ3) is 5.43. The van der Waals surface area contributed by atoms with Crippen LogP contribution in [0, 0.1) is 0 Å². The van der Waals surface area contributed by atoms with Crippen LogP contribution in [0.25, 0.3) is 5.57 Å². The van der Waals surface area contributed by atoms with E-state index in [0.29, 0.717) is 54.7 Å². The molecule has 0 saturated heterocycles. The maximum Gasteiger partial charge on any atom is 0.416 e. The molecule has 2 aromatic carbocycles. The predicted octanol–water partition coefficient (Wildman–Crippen LogP) is 6.27. The van der Waals surface area contributed by atoms with Gasteiger partial charge in [0.2, 0.25) is 0 Å². The van der Waals surface area contributed by atoms with Crippen LogP contribution >= 0.6 is 0 Å². The van der Waals surface area contributed by atoms with E-state index in [9.17, 15) is 22.8 Å². The highest BCUT2D eigenvalue weighted by molar-refractivity contribution is 6.10. The largest absolute Gasteiger partial charge is 0.416 e. The van der Waals surface area contributed by atoms with Gasteiger partial charge >= 0.3 is 6.18 Å². The number of carbonyl (C=O) groups is 2. The fourth-order valence-electron chi connectivity index (χ4n) is 4.96. The third-order valence-electron chi connectivity index (χ3n) is 6.91. The second-order valence-corrected chi connectivity index (χ2v) is 9.36. The molecule has 2 heterocycles. The summed E-state index contributed by atoms with van der Waals surface area (Å²) in [6, 6.07) is 16.0. The fraction of sp³-hybridized carbons (Fsp3) is 0.276. The van der Waals surface area contributed by atoms with Crippen molar-refractivity contribution in [2.75, 3.05) is 11.9 Å². The molecule has 1 N–H and O–H groups in total. The summed E-state index contributed by atoms with van der Waals surface area (Å²) in [5, 5.41) is 2.91. The Hall–Kier alpha value is -3.94. The van der Waals surface area contributed by atoms with E-state index in [2.05, 4.69) is 10.3 Å². The molecule has 0 bridgehead atoms. The van der Waals surface area contributed by atoms with E-state index in [1.165, 1.54) is 12.1 Å². The number of anilines is 1. The van der Waals surface area contributed by atoms with Crippen molar-refractivity contribution in [3.63, 3.8) is 0 Å². The average molecular weight is 506 g/mol. The lowest BCUT2D eigenvalue weighted by atomic mass is 9.86. The van der Waals surface area contributed by atoms with E-state index >= 15 is 0 Å². The van der Waals surface area contributed by atoms with Gasteiger partial charge in [-0.3, -0.25) is 14.6 Å². The first kappa shape index (κ1) is 24.7. The van der Waals surface area contributed by atoms with Crippen LogP contribution in [0.3, 0.4) is 0 Å². The molecule has 0 fully saturated rings. The molecule has 0 unspecified atom stereocenters. The summed E-state index contributed by atoms with van der Waals surface area (Å²) >= 11 is 0. The summed E-state index contributed by atoms with van der Waals surface area (Å²) in [6.45, 7) is 1.06. The van der Waals surface area contributed by atoms with Gasteiger partial charge in [-0.05, 0) is 78.8 Å². The molecule has 5 rings (SSSR count). The number of fused-ring (bicyclic) bond motifs is 1. The zero-order valence-corrected chi connectivity index (χ0v) is 20.1. The Morgan fingerprint density at radius 3 is 2.51 bits per heavy atom. The second kappa shape index (κ2) is 10.2. The molecule has 0 saturated carbocycles. The summed E-state index contributed by atoms with van der Waals surface area (Å²) in [5.41, 5.74) is 4.19. The van der Waals surface area contributed by atoms with E-state index in [0.717, 1.165) is 41.8 Å². The predicted molar refractivity (Wildman–Crippen MR) is 135 cm³/mol. The molecule has 190 valence electrons. The van der Waals surface area contributed by atoms with Gasteiger partial charge in [-0.25, -0.2) is 0 Å². The maximum absolute atomic E-state index is 13.2. The lowest BCUT2D eigenvalue weighted by molar-refractivity contribution is -0.137. The number of carbonyl (C=O) groups excluding carboxylic acids is 2. The molecule has 1 aliphatic carbocycles. The van der Waals surface area contributed by atoms with Gasteiger partial charge in [-0.1, -0.05) is 24.3 Å². The Morgan fingerprint density at radius 2 is 1.78 bits per heavy atom. The van der Waals surface area contributed by atoms with Crippen molar-refractivity contribution in [1.82, 2.24) is 9.88 Å². The van der Waals surface area contributed by atoms with Crippen molar-refractivity contribution >= 4 is 23.1 Å². The Kier molecular flexibility index (Phi) is 6.82. The lowest BCUT2D eigenvalue weighted by Crippen LogP contribution is -2.26. The summed E-state index contributed by atoms with van der Waals surface area (Å²) < 4.78 is 38.9. The van der Waals surface area contributed by atoms with Gasteiger partial charge < -0.3 is 10.2 Å². The monoisotopic (exact) mass is 505 g/mol. The van der Waals surface area contributed by atoms with Gasteiger partial charge in [0, 0.05) is 48.2 Å². The van der Waals surface area contributed by atoms with Crippen LogP contribution in [0.2, 0.25) is 0 Å². The molecular weight excluding hydrogens is 479 g/mol. The van der Waals surface area contributed by atoms with E-state index in [4.69, 9.17) is 0 Å². The number of hydrogen-bond donors (Lipinski definition) is 1. The van der Waals surface area contributed by atoms with Gasteiger partial charge in [-0.15, -0.1) is 0 Å². The highest BCUT2D eigenvalue weighted by atomic mass is 19.4. The number of hydrogen-bond acceptors (Lipinski definition) is 3. The number of pyridine rings is 1. The first-order valence-corrected chi connectivity index (χ1v) is 12.3. The number of rotatable bonds is 6. The van der Waals surface area contributed by atoms with Crippen LogP contribution in [0.4, 0.5) is 18.9 Å². The van der Waals surface area contributed by atoms with Crippen LogP contribution in [-0.2, 0) is 23.9 Å². The zero-order valence-electron chi connectivity index (χ0n) is 20.1. The zero-order chi connectivity index (χ0) is 26.0. The minimum atomic E-state index is -4.40. The first-order chi connectivity index (χ1) is 17.8. The topological polar surface area (TPSA) is 62.3 Å². The number of benzene rings is 2. The molecule has 8 heteroatoms. The number of alkyl halides is 3. The van der Waals surface area contributed by atoms with E-state index in [1.54, 1.807) is 23.2 Å². The van der Waals surface area contributed by atoms with Gasteiger partial charge in [0.05, 0.1) is 5.56 Å². The Morgan fingerprint density at radius 1 is 1.00 bits per heavy atom. The average Bonchev–Trinajstić information content (AvgIpc) is 3.22. The second-order valence-electron chi connectivity index (χ2n) is 9.36. The molecule has 0 atom stereocenters. The number of nitrogens with zero attached hydrogens (tertiary/aromatic N) is 2. The van der Waals surface area contributed by atoms with Crippen molar-refractivity contribution in [3.8, 4) is 0 Å². The van der Waals surface area contributed by atoms with Crippen molar-refractivity contribution in [1.29, 1.82) is 0 Å². The summed E-state index contributed by atoms with van der Waals surface area (Å²) in [4.78, 5) is 32.3. The van der Waals surface area contributed by atoms with E-state index < -0.39 is 11.7 Å². The molecule has 1 aliphatic heterocycles. The number of nitrogens with one attached hydrogen (secondary N) is 1. The molecule has 2 aliphatic rings. The van der Waals surface area contributed by atoms with Crippen molar-refractivity contribution in [3.05, 3.63) is 100 Å². The molecule has 3 aromatic rings. The number of halogens is 3. The molecule has 5 nitrogen and oxygen atoms in total. The van der Waals surface area contributed by atoms with Gasteiger partial charge in [0.25, 0.3) is 11.8 Å². The molecule has 1 aromatic heterocycles. The van der Waals surface area contributed by atoms with Crippen LogP contribution in [0.5, 0.6) is 0 Å².